The van der Waals surface area contributed by atoms with Gasteiger partial charge in [0.15, 0.2) is 0 Å². The van der Waals surface area contributed by atoms with Crippen molar-refractivity contribution in [2.45, 2.75) is 6.54 Å². The minimum absolute atomic E-state index is 0.0492. The van der Waals surface area contributed by atoms with Gasteiger partial charge in [0.05, 0.1) is 12.1 Å². The average molecular weight is 330 g/mol. The van der Waals surface area contributed by atoms with E-state index in [-0.39, 0.29) is 10.6 Å². The van der Waals surface area contributed by atoms with Crippen LogP contribution in [0, 0.1) is 5.82 Å². The zero-order valence-electron chi connectivity index (χ0n) is 12.0. The van der Waals surface area contributed by atoms with Gasteiger partial charge in [-0.1, -0.05) is 23.7 Å². The first-order chi connectivity index (χ1) is 11.1. The molecule has 0 saturated heterocycles. The Labute approximate surface area is 137 Å². The fourth-order valence-corrected chi connectivity index (χ4v) is 2.36. The van der Waals surface area contributed by atoms with Crippen molar-refractivity contribution in [2.24, 2.45) is 0 Å². The van der Waals surface area contributed by atoms with Crippen molar-refractivity contribution in [1.29, 1.82) is 0 Å². The van der Waals surface area contributed by atoms with E-state index < -0.39 is 11.7 Å². The Hall–Kier alpha value is -2.66. The van der Waals surface area contributed by atoms with Gasteiger partial charge in [0.25, 0.3) is 5.91 Å². The van der Waals surface area contributed by atoms with Crippen LogP contribution in [0.2, 0.25) is 5.02 Å². The lowest BCUT2D eigenvalue weighted by molar-refractivity contribution is 0.102. The maximum absolute atomic E-state index is 13.8. The van der Waals surface area contributed by atoms with E-state index in [4.69, 9.17) is 11.6 Å². The summed E-state index contributed by atoms with van der Waals surface area (Å²) in [5.74, 6) is -1.17. The Kier molecular flexibility index (Phi) is 4.39. The number of hydrogen-bond donors (Lipinski definition) is 1. The van der Waals surface area contributed by atoms with E-state index in [2.05, 4.69) is 10.4 Å². The van der Waals surface area contributed by atoms with E-state index in [0.717, 1.165) is 11.6 Å². The van der Waals surface area contributed by atoms with Crippen LogP contribution < -0.4 is 5.32 Å². The molecule has 0 radical (unpaired) electrons. The third-order valence-electron chi connectivity index (χ3n) is 3.26. The van der Waals surface area contributed by atoms with Crippen LogP contribution in [-0.4, -0.2) is 15.7 Å². The number of carbonyl (C=O) groups excluding carboxylic acids is 1. The molecule has 0 aliphatic rings. The van der Waals surface area contributed by atoms with Gasteiger partial charge in [-0.3, -0.25) is 9.48 Å². The summed E-state index contributed by atoms with van der Waals surface area (Å²) in [5, 5.41) is 7.07. The Bertz CT molecular complexity index is 834. The number of rotatable bonds is 4. The van der Waals surface area contributed by atoms with Crippen molar-refractivity contribution in [1.82, 2.24) is 9.78 Å². The third kappa shape index (κ3) is 3.76. The number of nitrogens with zero attached hydrogens (tertiary/aromatic N) is 2. The highest BCUT2D eigenvalue weighted by Crippen LogP contribution is 2.17. The van der Waals surface area contributed by atoms with Crippen molar-refractivity contribution in [2.75, 3.05) is 5.32 Å². The molecule has 23 heavy (non-hydrogen) atoms. The molecule has 2 aromatic carbocycles. The molecule has 3 rings (SSSR count). The minimum atomic E-state index is -0.650. The topological polar surface area (TPSA) is 46.9 Å². The molecule has 0 aliphatic heterocycles. The standard InChI is InChI=1S/C17H13ClFN3O/c18-13-5-6-15(16(19)10-13)17(23)21-14-4-1-3-12(9-14)11-22-8-2-7-20-22/h1-10H,11H2,(H,21,23). The van der Waals surface area contributed by atoms with E-state index in [0.29, 0.717) is 12.2 Å². The van der Waals surface area contributed by atoms with Gasteiger partial charge >= 0.3 is 0 Å². The normalized spacial score (nSPS) is 10.5. The summed E-state index contributed by atoms with van der Waals surface area (Å²) < 4.78 is 15.6. The lowest BCUT2D eigenvalue weighted by atomic mass is 10.1. The van der Waals surface area contributed by atoms with Gasteiger partial charge in [-0.05, 0) is 42.0 Å². The zero-order chi connectivity index (χ0) is 16.2. The summed E-state index contributed by atoms with van der Waals surface area (Å²) >= 11 is 5.69. The lowest BCUT2D eigenvalue weighted by Gasteiger charge is -2.08. The molecular formula is C17H13ClFN3O. The molecular weight excluding hydrogens is 317 g/mol. The average Bonchev–Trinajstić information content (AvgIpc) is 3.00. The lowest BCUT2D eigenvalue weighted by Crippen LogP contribution is -2.14. The van der Waals surface area contributed by atoms with Crippen molar-refractivity contribution in [3.63, 3.8) is 0 Å². The fourth-order valence-electron chi connectivity index (χ4n) is 2.20. The highest BCUT2D eigenvalue weighted by molar-refractivity contribution is 6.30. The molecule has 0 atom stereocenters. The highest BCUT2D eigenvalue weighted by atomic mass is 35.5. The van der Waals surface area contributed by atoms with Crippen LogP contribution in [0.15, 0.2) is 60.9 Å². The number of nitrogens with one attached hydrogen (secondary N) is 1. The number of benzene rings is 2. The second kappa shape index (κ2) is 6.62. The summed E-state index contributed by atoms with van der Waals surface area (Å²) in [5.41, 5.74) is 1.52. The summed E-state index contributed by atoms with van der Waals surface area (Å²) in [7, 11) is 0. The summed E-state index contributed by atoms with van der Waals surface area (Å²) in [6.45, 7) is 0.589. The van der Waals surface area contributed by atoms with Crippen molar-refractivity contribution in [3.05, 3.63) is 82.9 Å². The Balaban J connectivity index is 1.76. The van der Waals surface area contributed by atoms with Crippen LogP contribution in [0.4, 0.5) is 10.1 Å². The molecule has 0 unspecified atom stereocenters. The number of hydrogen-bond acceptors (Lipinski definition) is 2. The molecule has 0 bridgehead atoms. The number of anilines is 1. The van der Waals surface area contributed by atoms with E-state index in [9.17, 15) is 9.18 Å². The fraction of sp³-hybridized carbons (Fsp3) is 0.0588. The van der Waals surface area contributed by atoms with Crippen LogP contribution in [0.3, 0.4) is 0 Å². The van der Waals surface area contributed by atoms with Gasteiger partial charge in [-0.2, -0.15) is 5.10 Å². The predicted octanol–water partition coefficient (Wildman–Crippen LogP) is 3.98. The summed E-state index contributed by atoms with van der Waals surface area (Å²) in [6.07, 6.45) is 3.56. The molecule has 3 aromatic rings. The smallest absolute Gasteiger partial charge is 0.258 e. The molecule has 4 nitrogen and oxygen atoms in total. The van der Waals surface area contributed by atoms with Gasteiger partial charge in [0, 0.05) is 23.1 Å². The molecule has 0 spiro atoms. The second-order valence-electron chi connectivity index (χ2n) is 4.98. The summed E-state index contributed by atoms with van der Waals surface area (Å²) in [4.78, 5) is 12.2. The molecule has 0 aliphatic carbocycles. The second-order valence-corrected chi connectivity index (χ2v) is 5.42. The molecule has 1 heterocycles. The van der Waals surface area contributed by atoms with E-state index >= 15 is 0 Å². The van der Waals surface area contributed by atoms with Crippen LogP contribution in [-0.2, 0) is 6.54 Å². The molecule has 6 heteroatoms. The third-order valence-corrected chi connectivity index (χ3v) is 3.50. The van der Waals surface area contributed by atoms with Crippen LogP contribution in [0.25, 0.3) is 0 Å². The molecule has 1 N–H and O–H groups in total. The zero-order valence-corrected chi connectivity index (χ0v) is 12.8. The SMILES string of the molecule is O=C(Nc1cccc(Cn2cccn2)c1)c1ccc(Cl)cc1F. The molecule has 1 aromatic heterocycles. The Morgan fingerprint density at radius 2 is 2.09 bits per heavy atom. The minimum Gasteiger partial charge on any atom is -0.322 e. The molecule has 116 valence electrons. The monoisotopic (exact) mass is 329 g/mol. The van der Waals surface area contributed by atoms with E-state index in [1.165, 1.54) is 12.1 Å². The molecule has 1 amide bonds. The van der Waals surface area contributed by atoms with Crippen molar-refractivity contribution in [3.8, 4) is 0 Å². The number of halogens is 2. The van der Waals surface area contributed by atoms with E-state index in [1.807, 2.05) is 30.5 Å². The number of carbonyl (C=O) groups is 1. The number of amides is 1. The van der Waals surface area contributed by atoms with Crippen molar-refractivity contribution >= 4 is 23.2 Å². The Morgan fingerprint density at radius 1 is 1.22 bits per heavy atom. The van der Waals surface area contributed by atoms with Gasteiger partial charge in [-0.15, -0.1) is 0 Å². The van der Waals surface area contributed by atoms with Gasteiger partial charge in [-0.25, -0.2) is 4.39 Å². The largest absolute Gasteiger partial charge is 0.322 e. The maximum atomic E-state index is 13.8. The summed E-state index contributed by atoms with van der Waals surface area (Å²) in [6, 6.07) is 13.1. The quantitative estimate of drug-likeness (QED) is 0.787. The van der Waals surface area contributed by atoms with Crippen LogP contribution in [0.1, 0.15) is 15.9 Å². The predicted molar refractivity (Wildman–Crippen MR) is 87.1 cm³/mol. The van der Waals surface area contributed by atoms with Gasteiger partial charge < -0.3 is 5.32 Å². The van der Waals surface area contributed by atoms with Crippen molar-refractivity contribution < 1.29 is 9.18 Å². The van der Waals surface area contributed by atoms with Crippen LogP contribution >= 0.6 is 11.6 Å². The maximum Gasteiger partial charge on any atom is 0.258 e. The van der Waals surface area contributed by atoms with E-state index in [1.54, 1.807) is 16.9 Å². The van der Waals surface area contributed by atoms with Crippen LogP contribution in [0.5, 0.6) is 0 Å². The number of aromatic nitrogens is 2. The first kappa shape index (κ1) is 15.2. The molecule has 0 saturated carbocycles. The first-order valence-corrected chi connectivity index (χ1v) is 7.32. The first-order valence-electron chi connectivity index (χ1n) is 6.94. The molecule has 0 fully saturated rings. The highest BCUT2D eigenvalue weighted by Gasteiger charge is 2.12. The Morgan fingerprint density at radius 3 is 2.83 bits per heavy atom. The van der Waals surface area contributed by atoms with Gasteiger partial charge in [0.2, 0.25) is 0 Å². The van der Waals surface area contributed by atoms with Gasteiger partial charge in [0.1, 0.15) is 5.82 Å².